The van der Waals surface area contributed by atoms with Crippen LogP contribution in [0.15, 0.2) is 54.6 Å². The molecular weight excluding hydrogens is 563 g/mol. The molecule has 0 unspecified atom stereocenters. The van der Waals surface area contributed by atoms with Crippen LogP contribution in [-0.4, -0.2) is 17.4 Å². The van der Waals surface area contributed by atoms with E-state index in [1.807, 2.05) is 0 Å². The Morgan fingerprint density at radius 3 is 0.957 bits per heavy atom. The van der Waals surface area contributed by atoms with Gasteiger partial charge in [0, 0.05) is 11.1 Å². The largest absolute Gasteiger partial charge is 0.707 e. The highest BCUT2D eigenvalue weighted by Crippen LogP contribution is 2.54. The molecule has 3 nitrogen and oxygen atoms in total. The van der Waals surface area contributed by atoms with Gasteiger partial charge in [0.25, 0.3) is 0 Å². The Morgan fingerprint density at radius 2 is 0.630 bits per heavy atom. The minimum Gasteiger partial charge on any atom is -0.511 e. The third-order valence-electron chi connectivity index (χ3n) is 9.25. The van der Waals surface area contributed by atoms with Crippen LogP contribution in [0, 0.1) is 83.1 Å². The molecule has 0 bridgehead atoms. The lowest BCUT2D eigenvalue weighted by atomic mass is 9.75. The summed E-state index contributed by atoms with van der Waals surface area (Å²) in [4.78, 5) is 0. The normalized spacial score (nSPS) is 11.3. The number of hydrogen-bond acceptors (Lipinski definition) is 3. The standard InChI is InChI=1S/C42H47BO3/c1-22-13-26(5)36(27(6)14-22)34-21-35(46-43(44)45)41(38-30(9)17-24(3)18-31(38)10)42(39-32(11)19-25(4)20-33(39)12)40(34)37-28(7)15-23(2)16-29(37)8/h13-21,44-45H,1-12H3. The Labute approximate surface area is 276 Å². The zero-order valence-electron chi connectivity index (χ0n) is 29.6. The van der Waals surface area contributed by atoms with Crippen molar-refractivity contribution in [3.8, 4) is 50.3 Å². The first-order valence-corrected chi connectivity index (χ1v) is 16.2. The predicted molar refractivity (Wildman–Crippen MR) is 196 cm³/mol. The fourth-order valence-corrected chi connectivity index (χ4v) is 8.15. The highest BCUT2D eigenvalue weighted by molar-refractivity contribution is 6.34. The van der Waals surface area contributed by atoms with Crippen molar-refractivity contribution in [2.45, 2.75) is 83.1 Å². The highest BCUT2D eigenvalue weighted by atomic mass is 16.6. The number of aryl methyl sites for hydroxylation is 12. The quantitative estimate of drug-likeness (QED) is 0.188. The van der Waals surface area contributed by atoms with Gasteiger partial charge in [-0.15, -0.1) is 0 Å². The summed E-state index contributed by atoms with van der Waals surface area (Å²) in [6.45, 7) is 25.9. The Balaban J connectivity index is 2.20. The molecule has 0 saturated heterocycles. The molecule has 0 aliphatic carbocycles. The first-order chi connectivity index (χ1) is 21.6. The molecule has 4 heteroatoms. The van der Waals surface area contributed by atoms with Crippen molar-refractivity contribution in [1.82, 2.24) is 0 Å². The third kappa shape index (κ3) is 6.04. The summed E-state index contributed by atoms with van der Waals surface area (Å²) in [6.07, 6.45) is 0. The van der Waals surface area contributed by atoms with E-state index in [0.29, 0.717) is 5.75 Å². The van der Waals surface area contributed by atoms with Crippen LogP contribution < -0.4 is 4.65 Å². The van der Waals surface area contributed by atoms with Crippen LogP contribution in [0.5, 0.6) is 5.75 Å². The Hall–Kier alpha value is -4.12. The summed E-state index contributed by atoms with van der Waals surface area (Å²) in [6, 6.07) is 19.9. The summed E-state index contributed by atoms with van der Waals surface area (Å²) in [5, 5.41) is 20.8. The first kappa shape index (κ1) is 33.3. The lowest BCUT2D eigenvalue weighted by Crippen LogP contribution is -2.21. The molecule has 5 rings (SSSR count). The molecule has 2 N–H and O–H groups in total. The summed E-state index contributed by atoms with van der Waals surface area (Å²) in [5.74, 6) is 0.444. The number of hydrogen-bond donors (Lipinski definition) is 2. The van der Waals surface area contributed by atoms with E-state index in [2.05, 4.69) is 138 Å². The summed E-state index contributed by atoms with van der Waals surface area (Å²) in [5.41, 5.74) is 22.6. The Bertz CT molecular complexity index is 1920. The van der Waals surface area contributed by atoms with Crippen LogP contribution in [0.1, 0.15) is 66.8 Å². The fourth-order valence-electron chi connectivity index (χ4n) is 8.15. The van der Waals surface area contributed by atoms with Crippen molar-refractivity contribution < 1.29 is 14.7 Å². The van der Waals surface area contributed by atoms with Crippen LogP contribution in [0.3, 0.4) is 0 Å². The van der Waals surface area contributed by atoms with Crippen LogP contribution in [0.4, 0.5) is 0 Å². The van der Waals surface area contributed by atoms with E-state index in [0.717, 1.165) is 72.3 Å². The molecule has 0 radical (unpaired) electrons. The van der Waals surface area contributed by atoms with E-state index in [1.165, 1.54) is 38.9 Å². The molecule has 0 aliphatic rings. The van der Waals surface area contributed by atoms with Gasteiger partial charge in [-0.25, -0.2) is 0 Å². The maximum absolute atomic E-state index is 10.4. The van der Waals surface area contributed by atoms with E-state index >= 15 is 0 Å². The van der Waals surface area contributed by atoms with E-state index in [4.69, 9.17) is 4.65 Å². The fraction of sp³-hybridized carbons (Fsp3) is 0.286. The van der Waals surface area contributed by atoms with Crippen molar-refractivity contribution >= 4 is 7.32 Å². The molecule has 5 aromatic carbocycles. The van der Waals surface area contributed by atoms with Gasteiger partial charge < -0.3 is 14.7 Å². The van der Waals surface area contributed by atoms with Gasteiger partial charge in [0.05, 0.1) is 0 Å². The van der Waals surface area contributed by atoms with Gasteiger partial charge in [0.15, 0.2) is 0 Å². The maximum Gasteiger partial charge on any atom is 0.707 e. The molecule has 236 valence electrons. The molecule has 5 aromatic rings. The summed E-state index contributed by atoms with van der Waals surface area (Å²) < 4.78 is 6.05. The molecule has 0 atom stereocenters. The number of benzene rings is 5. The topological polar surface area (TPSA) is 49.7 Å². The summed E-state index contributed by atoms with van der Waals surface area (Å²) >= 11 is 0. The zero-order chi connectivity index (χ0) is 33.8. The monoisotopic (exact) mass is 610 g/mol. The average Bonchev–Trinajstić information content (AvgIpc) is 2.88. The molecule has 0 heterocycles. The van der Waals surface area contributed by atoms with Crippen LogP contribution in [0.2, 0.25) is 0 Å². The lowest BCUT2D eigenvalue weighted by molar-refractivity contribution is 0.289. The first-order valence-electron chi connectivity index (χ1n) is 16.2. The molecular formula is C42H47BO3. The van der Waals surface area contributed by atoms with Gasteiger partial charge in [-0.3, -0.25) is 0 Å². The smallest absolute Gasteiger partial charge is 0.511 e. The minimum absolute atomic E-state index is 0.444. The SMILES string of the molecule is Cc1cc(C)c(-c2cc(OB(O)O)c(-c3c(C)cc(C)cc3C)c(-c3c(C)cc(C)cc3C)c2-c2c(C)cc(C)cc2C)c(C)c1. The minimum atomic E-state index is -1.99. The number of rotatable bonds is 6. The van der Waals surface area contributed by atoms with Gasteiger partial charge in [0.2, 0.25) is 0 Å². The Kier molecular flexibility index (Phi) is 9.10. The van der Waals surface area contributed by atoms with Crippen molar-refractivity contribution in [2.75, 3.05) is 0 Å². The molecule has 0 aliphatic heterocycles. The highest BCUT2D eigenvalue weighted by Gasteiger charge is 2.31. The Morgan fingerprint density at radius 1 is 0.348 bits per heavy atom. The lowest BCUT2D eigenvalue weighted by Gasteiger charge is -2.29. The third-order valence-corrected chi connectivity index (χ3v) is 9.25. The zero-order valence-corrected chi connectivity index (χ0v) is 29.6. The average molecular weight is 611 g/mol. The molecule has 0 spiro atoms. The molecule has 0 fully saturated rings. The van der Waals surface area contributed by atoms with E-state index in [1.54, 1.807) is 0 Å². The van der Waals surface area contributed by atoms with Crippen LogP contribution in [-0.2, 0) is 0 Å². The second-order valence-electron chi connectivity index (χ2n) is 13.6. The molecule has 0 amide bonds. The van der Waals surface area contributed by atoms with Gasteiger partial charge in [-0.05, 0) is 167 Å². The summed E-state index contributed by atoms with van der Waals surface area (Å²) in [7, 11) is -1.99. The van der Waals surface area contributed by atoms with Gasteiger partial charge in [-0.1, -0.05) is 70.8 Å². The van der Waals surface area contributed by atoms with Gasteiger partial charge in [-0.2, -0.15) is 0 Å². The van der Waals surface area contributed by atoms with Crippen molar-refractivity contribution in [3.05, 3.63) is 121 Å². The van der Waals surface area contributed by atoms with Crippen molar-refractivity contribution in [3.63, 3.8) is 0 Å². The van der Waals surface area contributed by atoms with Crippen LogP contribution >= 0.6 is 0 Å². The molecule has 0 aromatic heterocycles. The maximum atomic E-state index is 10.4. The van der Waals surface area contributed by atoms with E-state index in [-0.39, 0.29) is 0 Å². The molecule has 46 heavy (non-hydrogen) atoms. The second-order valence-corrected chi connectivity index (χ2v) is 13.6. The predicted octanol–water partition coefficient (Wildman–Crippen LogP) is 10.4. The molecule has 0 saturated carbocycles. The van der Waals surface area contributed by atoms with E-state index < -0.39 is 7.32 Å². The van der Waals surface area contributed by atoms with Crippen molar-refractivity contribution in [1.29, 1.82) is 0 Å². The second kappa shape index (κ2) is 12.6. The van der Waals surface area contributed by atoms with E-state index in [9.17, 15) is 10.0 Å². The van der Waals surface area contributed by atoms with Gasteiger partial charge in [0.1, 0.15) is 5.75 Å². The van der Waals surface area contributed by atoms with Crippen molar-refractivity contribution in [2.24, 2.45) is 0 Å². The van der Waals surface area contributed by atoms with Gasteiger partial charge >= 0.3 is 7.32 Å². The van der Waals surface area contributed by atoms with Crippen LogP contribution in [0.25, 0.3) is 44.5 Å².